The molecule has 3 aliphatic rings. The highest BCUT2D eigenvalue weighted by molar-refractivity contribution is 5.99. The molecule has 2 unspecified atom stereocenters. The predicted molar refractivity (Wildman–Crippen MR) is 77.0 cm³/mol. The molecule has 0 radical (unpaired) electrons. The third-order valence-electron chi connectivity index (χ3n) is 5.12. The average molecular weight is 271 g/mol. The summed E-state index contributed by atoms with van der Waals surface area (Å²) < 4.78 is 5.68. The molecule has 106 valence electrons. The van der Waals surface area contributed by atoms with Crippen LogP contribution < -0.4 is 0 Å². The summed E-state index contributed by atoms with van der Waals surface area (Å²) in [6.07, 6.45) is 5.16. The fourth-order valence-corrected chi connectivity index (χ4v) is 4.17. The number of Topliss-reactive ketones (excluding diaryl/α,β-unsaturated/α-hetero) is 1. The number of hydrogen-bond donors (Lipinski definition) is 0. The van der Waals surface area contributed by atoms with Crippen LogP contribution in [0.5, 0.6) is 0 Å². The highest BCUT2D eigenvalue weighted by Gasteiger charge is 2.37. The average Bonchev–Trinajstić information content (AvgIpc) is 2.52. The number of ketones is 1. The molecule has 0 saturated carbocycles. The Hall–Kier alpha value is -1.19. The van der Waals surface area contributed by atoms with Crippen LogP contribution in [0.4, 0.5) is 0 Å². The molecule has 1 fully saturated rings. The summed E-state index contributed by atoms with van der Waals surface area (Å²) in [5.41, 5.74) is 3.72. The van der Waals surface area contributed by atoms with Crippen molar-refractivity contribution in [1.29, 1.82) is 0 Å². The van der Waals surface area contributed by atoms with Crippen LogP contribution >= 0.6 is 0 Å². The van der Waals surface area contributed by atoms with Gasteiger partial charge in [0.2, 0.25) is 0 Å². The van der Waals surface area contributed by atoms with Crippen molar-refractivity contribution in [2.24, 2.45) is 0 Å². The van der Waals surface area contributed by atoms with Crippen LogP contribution in [0, 0.1) is 0 Å². The molecular weight excluding hydrogens is 250 g/mol. The third-order valence-corrected chi connectivity index (χ3v) is 5.12. The van der Waals surface area contributed by atoms with E-state index in [1.165, 1.54) is 24.0 Å². The van der Waals surface area contributed by atoms with E-state index in [9.17, 15) is 4.79 Å². The predicted octanol–water partition coefficient (Wildman–Crippen LogP) is 2.74. The molecule has 1 aliphatic carbocycles. The molecule has 2 heterocycles. The monoisotopic (exact) mass is 271 g/mol. The lowest BCUT2D eigenvalue weighted by molar-refractivity contribution is -0.00672. The van der Waals surface area contributed by atoms with Crippen LogP contribution in [0.15, 0.2) is 18.2 Å². The molecular formula is C17H21NO2. The lowest BCUT2D eigenvalue weighted by Crippen LogP contribution is -2.48. The fraction of sp³-hybridized carbons (Fsp3) is 0.588. The Kier molecular flexibility index (Phi) is 3.12. The first-order valence-corrected chi connectivity index (χ1v) is 7.83. The summed E-state index contributed by atoms with van der Waals surface area (Å²) in [5, 5.41) is 0. The summed E-state index contributed by atoms with van der Waals surface area (Å²) in [4.78, 5) is 14.8. The van der Waals surface area contributed by atoms with Gasteiger partial charge < -0.3 is 4.74 Å². The molecule has 1 aromatic carbocycles. The summed E-state index contributed by atoms with van der Waals surface area (Å²) in [7, 11) is 0. The molecule has 0 aromatic heterocycles. The number of hydrogen-bond acceptors (Lipinski definition) is 3. The SMILES string of the molecule is O=C1CCC2c3c(cccc31)CCN2C1CCCOC1. The zero-order valence-corrected chi connectivity index (χ0v) is 11.8. The van der Waals surface area contributed by atoms with Crippen LogP contribution in [0.2, 0.25) is 0 Å². The lowest BCUT2D eigenvalue weighted by Gasteiger charge is -2.45. The van der Waals surface area contributed by atoms with E-state index in [0.717, 1.165) is 38.2 Å². The Morgan fingerprint density at radius 2 is 2.15 bits per heavy atom. The van der Waals surface area contributed by atoms with Crippen molar-refractivity contribution in [3.63, 3.8) is 0 Å². The van der Waals surface area contributed by atoms with E-state index in [2.05, 4.69) is 11.0 Å². The van der Waals surface area contributed by atoms with Gasteiger partial charge in [-0.05, 0) is 36.8 Å². The first-order chi connectivity index (χ1) is 9.84. The zero-order valence-electron chi connectivity index (χ0n) is 11.8. The Bertz CT molecular complexity index is 534. The molecule has 0 amide bonds. The second-order valence-electron chi connectivity index (χ2n) is 6.21. The fourth-order valence-electron chi connectivity index (χ4n) is 4.17. The van der Waals surface area contributed by atoms with Gasteiger partial charge in [0.15, 0.2) is 5.78 Å². The van der Waals surface area contributed by atoms with Crippen LogP contribution in [0.25, 0.3) is 0 Å². The maximum Gasteiger partial charge on any atom is 0.163 e. The number of carbonyl (C=O) groups is 1. The van der Waals surface area contributed by atoms with Crippen molar-refractivity contribution in [2.45, 2.75) is 44.2 Å². The topological polar surface area (TPSA) is 29.5 Å². The normalized spacial score (nSPS) is 30.1. The van der Waals surface area contributed by atoms with Gasteiger partial charge in [-0.25, -0.2) is 0 Å². The van der Waals surface area contributed by atoms with E-state index in [1.807, 2.05) is 12.1 Å². The molecule has 1 saturated heterocycles. The van der Waals surface area contributed by atoms with Crippen molar-refractivity contribution in [3.8, 4) is 0 Å². The van der Waals surface area contributed by atoms with E-state index in [-0.39, 0.29) is 0 Å². The van der Waals surface area contributed by atoms with Gasteiger partial charge in [-0.1, -0.05) is 18.2 Å². The first-order valence-electron chi connectivity index (χ1n) is 7.83. The number of rotatable bonds is 1. The highest BCUT2D eigenvalue weighted by Crippen LogP contribution is 2.41. The number of nitrogens with zero attached hydrogens (tertiary/aromatic N) is 1. The van der Waals surface area contributed by atoms with Gasteiger partial charge in [0.25, 0.3) is 0 Å². The van der Waals surface area contributed by atoms with Crippen molar-refractivity contribution >= 4 is 5.78 Å². The van der Waals surface area contributed by atoms with E-state index >= 15 is 0 Å². The van der Waals surface area contributed by atoms with Gasteiger partial charge in [0.1, 0.15) is 0 Å². The van der Waals surface area contributed by atoms with Gasteiger partial charge in [-0.3, -0.25) is 9.69 Å². The number of ether oxygens (including phenoxy) is 1. The van der Waals surface area contributed by atoms with Crippen molar-refractivity contribution in [1.82, 2.24) is 4.90 Å². The van der Waals surface area contributed by atoms with Crippen LogP contribution in [0.1, 0.15) is 53.2 Å². The minimum absolute atomic E-state index is 0.333. The Morgan fingerprint density at radius 3 is 3.00 bits per heavy atom. The minimum Gasteiger partial charge on any atom is -0.380 e. The Morgan fingerprint density at radius 1 is 1.20 bits per heavy atom. The molecule has 0 spiro atoms. The molecule has 0 N–H and O–H groups in total. The molecule has 2 aliphatic heterocycles. The summed E-state index contributed by atoms with van der Waals surface area (Å²) in [6.45, 7) is 2.89. The molecule has 1 aromatic rings. The van der Waals surface area contributed by atoms with Gasteiger partial charge >= 0.3 is 0 Å². The molecule has 0 bridgehead atoms. The van der Waals surface area contributed by atoms with Crippen molar-refractivity contribution < 1.29 is 9.53 Å². The maximum atomic E-state index is 12.2. The second kappa shape index (κ2) is 4.97. The molecule has 20 heavy (non-hydrogen) atoms. The Labute approximate surface area is 119 Å². The summed E-state index contributed by atoms with van der Waals surface area (Å²) in [6, 6.07) is 7.27. The molecule has 2 atom stereocenters. The standard InChI is InChI=1S/C17H21NO2/c19-16-7-6-15-17-12(3-1-5-14(16)17)8-9-18(15)13-4-2-10-20-11-13/h1,3,5,13,15H,2,4,6-11H2. The maximum absolute atomic E-state index is 12.2. The molecule has 3 heteroatoms. The quantitative estimate of drug-likeness (QED) is 0.786. The first kappa shape index (κ1) is 12.5. The van der Waals surface area contributed by atoms with Gasteiger partial charge in [0.05, 0.1) is 6.61 Å². The molecule has 4 rings (SSSR count). The summed E-state index contributed by atoms with van der Waals surface area (Å²) in [5.74, 6) is 0.333. The van der Waals surface area contributed by atoms with Gasteiger partial charge in [-0.2, -0.15) is 0 Å². The van der Waals surface area contributed by atoms with E-state index in [1.54, 1.807) is 0 Å². The van der Waals surface area contributed by atoms with Crippen LogP contribution in [-0.2, 0) is 11.2 Å². The lowest BCUT2D eigenvalue weighted by atomic mass is 9.79. The molecule has 3 nitrogen and oxygen atoms in total. The van der Waals surface area contributed by atoms with E-state index in [0.29, 0.717) is 24.3 Å². The number of benzene rings is 1. The number of carbonyl (C=O) groups excluding carboxylic acids is 1. The van der Waals surface area contributed by atoms with Crippen molar-refractivity contribution in [2.75, 3.05) is 19.8 Å². The van der Waals surface area contributed by atoms with Crippen LogP contribution in [0.3, 0.4) is 0 Å². The third kappa shape index (κ3) is 1.92. The van der Waals surface area contributed by atoms with E-state index < -0.39 is 0 Å². The van der Waals surface area contributed by atoms with Crippen LogP contribution in [-0.4, -0.2) is 36.5 Å². The largest absolute Gasteiger partial charge is 0.380 e. The van der Waals surface area contributed by atoms with E-state index in [4.69, 9.17) is 4.74 Å². The smallest absolute Gasteiger partial charge is 0.163 e. The van der Waals surface area contributed by atoms with Crippen molar-refractivity contribution in [3.05, 3.63) is 34.9 Å². The highest BCUT2D eigenvalue weighted by atomic mass is 16.5. The Balaban J connectivity index is 1.72. The minimum atomic E-state index is 0.333. The zero-order chi connectivity index (χ0) is 13.5. The van der Waals surface area contributed by atoms with Gasteiger partial charge in [-0.15, -0.1) is 0 Å². The second-order valence-corrected chi connectivity index (χ2v) is 6.21. The summed E-state index contributed by atoms with van der Waals surface area (Å²) >= 11 is 0. The van der Waals surface area contributed by atoms with Gasteiger partial charge in [0, 0.05) is 37.2 Å².